The molecule has 0 bridgehead atoms. The minimum Gasteiger partial charge on any atom is -0.491 e. The smallest absolute Gasteiger partial charge is 0.308 e. The van der Waals surface area contributed by atoms with E-state index >= 15 is 0 Å². The lowest BCUT2D eigenvalue weighted by molar-refractivity contribution is -0.136. The molecule has 2 aromatic rings. The van der Waals surface area contributed by atoms with Crippen LogP contribution >= 0.6 is 0 Å². The Labute approximate surface area is 135 Å². The van der Waals surface area contributed by atoms with E-state index in [4.69, 9.17) is 9.84 Å². The van der Waals surface area contributed by atoms with Gasteiger partial charge in [0.15, 0.2) is 5.43 Å². The highest BCUT2D eigenvalue weighted by Crippen LogP contribution is 2.25. The molecule has 1 heterocycles. The SMILES string of the molecule is Cc1c(CC(=O)O)c(=O)c2ccc(OC(C)C)cc2n1C(C)C. The van der Waals surface area contributed by atoms with Crippen LogP contribution in [0.2, 0.25) is 0 Å². The highest BCUT2D eigenvalue weighted by molar-refractivity contribution is 5.83. The number of aliphatic carboxylic acids is 1. The lowest BCUT2D eigenvalue weighted by Gasteiger charge is -2.22. The summed E-state index contributed by atoms with van der Waals surface area (Å²) in [6.07, 6.45) is -0.226. The molecule has 0 unspecified atom stereocenters. The third kappa shape index (κ3) is 3.38. The number of hydrogen-bond acceptors (Lipinski definition) is 3. The summed E-state index contributed by atoms with van der Waals surface area (Å²) in [6.45, 7) is 9.71. The molecule has 1 aromatic carbocycles. The fourth-order valence-electron chi connectivity index (χ4n) is 2.93. The summed E-state index contributed by atoms with van der Waals surface area (Å²) in [7, 11) is 0. The normalized spacial score (nSPS) is 11.4. The van der Waals surface area contributed by atoms with Crippen LogP contribution in [0.1, 0.15) is 45.0 Å². The molecule has 23 heavy (non-hydrogen) atoms. The van der Waals surface area contributed by atoms with E-state index in [-0.39, 0.29) is 24.0 Å². The van der Waals surface area contributed by atoms with E-state index in [0.717, 1.165) is 5.52 Å². The minimum absolute atomic E-state index is 0.0408. The topological polar surface area (TPSA) is 68.5 Å². The van der Waals surface area contributed by atoms with E-state index in [1.165, 1.54) is 0 Å². The standard InChI is InChI=1S/C18H23NO4/c1-10(2)19-12(5)15(9-17(20)21)18(22)14-7-6-13(8-16(14)19)23-11(3)4/h6-8,10-11H,9H2,1-5H3,(H,20,21). The second kappa shape index (κ2) is 6.44. The van der Waals surface area contributed by atoms with Crippen molar-refractivity contribution in [3.05, 3.63) is 39.7 Å². The Morgan fingerprint density at radius 2 is 1.91 bits per heavy atom. The van der Waals surface area contributed by atoms with Gasteiger partial charge in [-0.3, -0.25) is 9.59 Å². The van der Waals surface area contributed by atoms with Crippen LogP contribution in [-0.4, -0.2) is 21.7 Å². The van der Waals surface area contributed by atoms with E-state index in [2.05, 4.69) is 0 Å². The van der Waals surface area contributed by atoms with Crippen LogP contribution in [0.4, 0.5) is 0 Å². The number of carboxylic acids is 1. The number of pyridine rings is 1. The van der Waals surface area contributed by atoms with Crippen molar-refractivity contribution in [2.75, 3.05) is 0 Å². The molecule has 1 aromatic heterocycles. The molecule has 5 nitrogen and oxygen atoms in total. The molecule has 124 valence electrons. The molecule has 5 heteroatoms. The summed E-state index contributed by atoms with van der Waals surface area (Å²) in [6, 6.07) is 5.43. The number of fused-ring (bicyclic) bond motifs is 1. The Hall–Kier alpha value is -2.30. The van der Waals surface area contributed by atoms with E-state index in [0.29, 0.717) is 22.4 Å². The number of hydrogen-bond donors (Lipinski definition) is 1. The van der Waals surface area contributed by atoms with Crippen LogP contribution in [0.15, 0.2) is 23.0 Å². The quantitative estimate of drug-likeness (QED) is 0.918. The molecule has 0 spiro atoms. The van der Waals surface area contributed by atoms with Gasteiger partial charge in [-0.2, -0.15) is 0 Å². The van der Waals surface area contributed by atoms with Gasteiger partial charge in [0, 0.05) is 28.8 Å². The van der Waals surface area contributed by atoms with Gasteiger partial charge in [-0.15, -0.1) is 0 Å². The fraction of sp³-hybridized carbons (Fsp3) is 0.444. The summed E-state index contributed by atoms with van der Waals surface area (Å²) in [5.74, 6) is -0.300. The van der Waals surface area contributed by atoms with Crippen LogP contribution < -0.4 is 10.2 Å². The van der Waals surface area contributed by atoms with Crippen molar-refractivity contribution < 1.29 is 14.6 Å². The van der Waals surface area contributed by atoms with Crippen LogP contribution in [0.3, 0.4) is 0 Å². The van der Waals surface area contributed by atoms with E-state index in [9.17, 15) is 9.59 Å². The molecule has 0 aliphatic carbocycles. The fourth-order valence-corrected chi connectivity index (χ4v) is 2.93. The molecule has 0 aliphatic rings. The molecule has 0 radical (unpaired) electrons. The predicted molar refractivity (Wildman–Crippen MR) is 90.4 cm³/mol. The van der Waals surface area contributed by atoms with Gasteiger partial charge in [0.25, 0.3) is 0 Å². The first-order valence-electron chi connectivity index (χ1n) is 7.78. The van der Waals surface area contributed by atoms with Crippen molar-refractivity contribution >= 4 is 16.9 Å². The molecule has 2 rings (SSSR count). The highest BCUT2D eigenvalue weighted by atomic mass is 16.5. The van der Waals surface area contributed by atoms with Gasteiger partial charge in [-0.1, -0.05) is 0 Å². The van der Waals surface area contributed by atoms with Gasteiger partial charge in [0.2, 0.25) is 0 Å². The Balaban J connectivity index is 2.81. The van der Waals surface area contributed by atoms with Crippen LogP contribution in [0.5, 0.6) is 5.75 Å². The molecule has 0 aliphatic heterocycles. The monoisotopic (exact) mass is 317 g/mol. The van der Waals surface area contributed by atoms with Crippen LogP contribution in [0.25, 0.3) is 10.9 Å². The van der Waals surface area contributed by atoms with Gasteiger partial charge >= 0.3 is 5.97 Å². The number of nitrogens with zero attached hydrogens (tertiary/aromatic N) is 1. The lowest BCUT2D eigenvalue weighted by atomic mass is 10.0. The Kier molecular flexibility index (Phi) is 4.78. The molecule has 0 fully saturated rings. The Morgan fingerprint density at radius 1 is 1.26 bits per heavy atom. The summed E-state index contributed by atoms with van der Waals surface area (Å²) in [4.78, 5) is 23.8. The van der Waals surface area contributed by atoms with E-state index in [1.54, 1.807) is 19.1 Å². The van der Waals surface area contributed by atoms with Gasteiger partial charge in [-0.05, 0) is 46.8 Å². The number of rotatable bonds is 5. The molecular weight excluding hydrogens is 294 g/mol. The van der Waals surface area contributed by atoms with Gasteiger partial charge in [-0.25, -0.2) is 0 Å². The van der Waals surface area contributed by atoms with Crippen molar-refractivity contribution in [2.24, 2.45) is 0 Å². The van der Waals surface area contributed by atoms with Crippen LogP contribution in [0, 0.1) is 6.92 Å². The Bertz CT molecular complexity index is 803. The number of carboxylic acid groups (broad SMARTS) is 1. The highest BCUT2D eigenvalue weighted by Gasteiger charge is 2.18. The van der Waals surface area contributed by atoms with E-state index in [1.807, 2.05) is 38.3 Å². The minimum atomic E-state index is -1.00. The summed E-state index contributed by atoms with van der Waals surface area (Å²) in [5, 5.41) is 9.62. The van der Waals surface area contributed by atoms with Crippen LogP contribution in [-0.2, 0) is 11.2 Å². The first-order chi connectivity index (χ1) is 10.7. The first kappa shape index (κ1) is 17.1. The number of benzene rings is 1. The number of ether oxygens (including phenoxy) is 1. The summed E-state index contributed by atoms with van der Waals surface area (Å²) in [5.41, 5.74) is 1.60. The number of carbonyl (C=O) groups is 1. The van der Waals surface area contributed by atoms with Gasteiger partial charge in [0.1, 0.15) is 5.75 Å². The molecule has 0 amide bonds. The summed E-state index contributed by atoms with van der Waals surface area (Å²) >= 11 is 0. The zero-order chi connectivity index (χ0) is 17.3. The van der Waals surface area contributed by atoms with Gasteiger partial charge in [0.05, 0.1) is 18.0 Å². The summed E-state index contributed by atoms with van der Waals surface area (Å²) < 4.78 is 7.72. The van der Waals surface area contributed by atoms with E-state index < -0.39 is 5.97 Å². The maximum atomic E-state index is 12.7. The molecular formula is C18H23NO4. The van der Waals surface area contributed by atoms with Crippen molar-refractivity contribution in [1.82, 2.24) is 4.57 Å². The average molecular weight is 317 g/mol. The largest absolute Gasteiger partial charge is 0.491 e. The second-order valence-electron chi connectivity index (χ2n) is 6.27. The average Bonchev–Trinajstić information content (AvgIpc) is 2.42. The molecule has 0 saturated carbocycles. The third-order valence-corrected chi connectivity index (χ3v) is 3.76. The van der Waals surface area contributed by atoms with Gasteiger partial charge < -0.3 is 14.4 Å². The second-order valence-corrected chi connectivity index (χ2v) is 6.27. The molecule has 1 N–H and O–H groups in total. The van der Waals surface area contributed by atoms with Crippen molar-refractivity contribution in [1.29, 1.82) is 0 Å². The van der Waals surface area contributed by atoms with Crippen molar-refractivity contribution in [2.45, 2.75) is 53.2 Å². The zero-order valence-corrected chi connectivity index (χ0v) is 14.2. The maximum absolute atomic E-state index is 12.7. The van der Waals surface area contributed by atoms with Crippen molar-refractivity contribution in [3.63, 3.8) is 0 Å². The molecule has 0 atom stereocenters. The Morgan fingerprint density at radius 3 is 2.43 bits per heavy atom. The number of aromatic nitrogens is 1. The van der Waals surface area contributed by atoms with Crippen molar-refractivity contribution in [3.8, 4) is 5.75 Å². The zero-order valence-electron chi connectivity index (χ0n) is 14.2. The first-order valence-corrected chi connectivity index (χ1v) is 7.78. The predicted octanol–water partition coefficient (Wildman–Crippen LogP) is 3.31. The molecule has 0 saturated heterocycles. The maximum Gasteiger partial charge on any atom is 0.308 e. The third-order valence-electron chi connectivity index (χ3n) is 3.76. The lowest BCUT2D eigenvalue weighted by Crippen LogP contribution is -2.22.